The van der Waals surface area contributed by atoms with Gasteiger partial charge in [-0.2, -0.15) is 5.10 Å². The maximum atomic E-state index is 5.86. The van der Waals surface area contributed by atoms with Crippen LogP contribution in [-0.4, -0.2) is 9.78 Å². The summed E-state index contributed by atoms with van der Waals surface area (Å²) in [4.78, 5) is 0. The number of hydrogen-bond acceptors (Lipinski definition) is 1. The number of rotatable bonds is 2. The van der Waals surface area contributed by atoms with Gasteiger partial charge in [0.1, 0.15) is 5.15 Å². The Bertz CT molecular complexity index is 243. The monoisotopic (exact) mass is 192 g/mol. The van der Waals surface area contributed by atoms with E-state index in [9.17, 15) is 0 Å². The minimum Gasteiger partial charge on any atom is -0.251 e. The average molecular weight is 193 g/mol. The Balaban J connectivity index is 2.97. The molecule has 0 atom stereocenters. The zero-order valence-electron chi connectivity index (χ0n) is 6.51. The van der Waals surface area contributed by atoms with E-state index in [2.05, 4.69) is 5.10 Å². The van der Waals surface area contributed by atoms with Crippen molar-refractivity contribution in [2.24, 2.45) is 0 Å². The fraction of sp³-hybridized carbons (Fsp3) is 0.571. The van der Waals surface area contributed by atoms with Gasteiger partial charge in [-0.25, -0.2) is 0 Å². The molecule has 0 spiro atoms. The van der Waals surface area contributed by atoms with Crippen LogP contribution in [0.2, 0.25) is 5.15 Å². The number of hydrogen-bond donors (Lipinski definition) is 0. The van der Waals surface area contributed by atoms with E-state index >= 15 is 0 Å². The zero-order valence-corrected chi connectivity index (χ0v) is 8.02. The van der Waals surface area contributed by atoms with Crippen LogP contribution in [-0.2, 0) is 5.88 Å². The lowest BCUT2D eigenvalue weighted by molar-refractivity contribution is 0.529. The summed E-state index contributed by atoms with van der Waals surface area (Å²) < 4.78 is 1.75. The van der Waals surface area contributed by atoms with E-state index in [1.807, 2.05) is 13.8 Å². The summed E-state index contributed by atoms with van der Waals surface area (Å²) in [6.07, 6.45) is 0. The number of alkyl halides is 1. The lowest BCUT2D eigenvalue weighted by Crippen LogP contribution is -2.02. The molecule has 0 fully saturated rings. The van der Waals surface area contributed by atoms with Crippen LogP contribution < -0.4 is 0 Å². The number of halogens is 2. The Labute approximate surface area is 76.1 Å². The van der Waals surface area contributed by atoms with Crippen LogP contribution in [0.15, 0.2) is 6.07 Å². The maximum absolute atomic E-state index is 5.86. The van der Waals surface area contributed by atoms with Crippen molar-refractivity contribution in [2.45, 2.75) is 25.8 Å². The summed E-state index contributed by atoms with van der Waals surface area (Å²) in [5, 5.41) is 4.83. The van der Waals surface area contributed by atoms with Crippen LogP contribution >= 0.6 is 23.2 Å². The van der Waals surface area contributed by atoms with Crippen LogP contribution in [0.5, 0.6) is 0 Å². The zero-order chi connectivity index (χ0) is 8.43. The molecule has 62 valence electrons. The van der Waals surface area contributed by atoms with E-state index < -0.39 is 0 Å². The third kappa shape index (κ3) is 1.88. The molecule has 0 saturated heterocycles. The van der Waals surface area contributed by atoms with Gasteiger partial charge >= 0.3 is 0 Å². The van der Waals surface area contributed by atoms with Gasteiger partial charge in [0.05, 0.1) is 11.6 Å². The second kappa shape index (κ2) is 3.46. The molecular weight excluding hydrogens is 183 g/mol. The van der Waals surface area contributed by atoms with E-state index in [0.29, 0.717) is 17.1 Å². The molecule has 0 bridgehead atoms. The highest BCUT2D eigenvalue weighted by Gasteiger charge is 2.06. The van der Waals surface area contributed by atoms with Crippen molar-refractivity contribution in [1.29, 1.82) is 0 Å². The van der Waals surface area contributed by atoms with Crippen molar-refractivity contribution in [2.75, 3.05) is 0 Å². The summed E-state index contributed by atoms with van der Waals surface area (Å²) in [7, 11) is 0. The van der Waals surface area contributed by atoms with Crippen LogP contribution in [0.25, 0.3) is 0 Å². The quantitative estimate of drug-likeness (QED) is 0.660. The summed E-state index contributed by atoms with van der Waals surface area (Å²) in [5.41, 5.74) is 0.824. The highest BCUT2D eigenvalue weighted by Crippen LogP contribution is 2.16. The van der Waals surface area contributed by atoms with Gasteiger partial charge < -0.3 is 0 Å². The molecule has 0 aliphatic rings. The van der Waals surface area contributed by atoms with Gasteiger partial charge in [0.25, 0.3) is 0 Å². The molecule has 1 aromatic rings. The molecule has 1 heterocycles. The summed E-state index contributed by atoms with van der Waals surface area (Å²) in [6.45, 7) is 4.05. The van der Waals surface area contributed by atoms with Crippen molar-refractivity contribution in [3.8, 4) is 0 Å². The normalized spacial score (nSPS) is 11.0. The Hall–Kier alpha value is -0.210. The lowest BCUT2D eigenvalue weighted by atomic mass is 10.4. The third-order valence-corrected chi connectivity index (χ3v) is 1.92. The van der Waals surface area contributed by atoms with Gasteiger partial charge in [0.15, 0.2) is 0 Å². The van der Waals surface area contributed by atoms with Gasteiger partial charge in [-0.1, -0.05) is 11.6 Å². The first-order valence-corrected chi connectivity index (χ1v) is 4.36. The van der Waals surface area contributed by atoms with Gasteiger partial charge in [-0.15, -0.1) is 11.6 Å². The highest BCUT2D eigenvalue weighted by atomic mass is 35.5. The second-order valence-corrected chi connectivity index (χ2v) is 3.28. The third-order valence-electron chi connectivity index (χ3n) is 1.37. The van der Waals surface area contributed by atoms with Crippen molar-refractivity contribution >= 4 is 23.2 Å². The molecule has 0 aromatic carbocycles. The Morgan fingerprint density at radius 2 is 2.27 bits per heavy atom. The molecule has 1 rings (SSSR count). The highest BCUT2D eigenvalue weighted by molar-refractivity contribution is 6.29. The summed E-state index contributed by atoms with van der Waals surface area (Å²) in [5.74, 6) is 0.416. The number of nitrogens with zero attached hydrogens (tertiary/aromatic N) is 2. The molecule has 0 aliphatic carbocycles. The van der Waals surface area contributed by atoms with Crippen molar-refractivity contribution in [3.05, 3.63) is 16.9 Å². The van der Waals surface area contributed by atoms with E-state index in [1.165, 1.54) is 0 Å². The molecule has 0 radical (unpaired) electrons. The van der Waals surface area contributed by atoms with Crippen LogP contribution in [0.3, 0.4) is 0 Å². The van der Waals surface area contributed by atoms with E-state index in [4.69, 9.17) is 23.2 Å². The molecule has 0 saturated carbocycles. The van der Waals surface area contributed by atoms with Gasteiger partial charge in [0.2, 0.25) is 0 Å². The van der Waals surface area contributed by atoms with Crippen molar-refractivity contribution < 1.29 is 0 Å². The fourth-order valence-electron chi connectivity index (χ4n) is 0.846. The Kier molecular flexibility index (Phi) is 2.79. The molecular formula is C7H10Cl2N2. The molecule has 0 aliphatic heterocycles. The molecule has 0 N–H and O–H groups in total. The average Bonchev–Trinajstić information content (AvgIpc) is 2.30. The molecule has 2 nitrogen and oxygen atoms in total. The van der Waals surface area contributed by atoms with Gasteiger partial charge in [-0.05, 0) is 19.9 Å². The molecule has 0 unspecified atom stereocenters. The lowest BCUT2D eigenvalue weighted by Gasteiger charge is -2.05. The van der Waals surface area contributed by atoms with Crippen LogP contribution in [0.4, 0.5) is 0 Å². The molecule has 1 aromatic heterocycles. The topological polar surface area (TPSA) is 17.8 Å². The Morgan fingerprint density at radius 1 is 1.64 bits per heavy atom. The minimum absolute atomic E-state index is 0.291. The standard InChI is InChI=1S/C7H10Cl2N2/c1-5(2)11-7(9)3-6(4-8)10-11/h3,5H,4H2,1-2H3. The first-order chi connectivity index (χ1) is 5.15. The number of aromatic nitrogens is 2. The second-order valence-electron chi connectivity index (χ2n) is 2.63. The smallest absolute Gasteiger partial charge is 0.127 e. The predicted molar refractivity (Wildman–Crippen MR) is 47.2 cm³/mol. The minimum atomic E-state index is 0.291. The van der Waals surface area contributed by atoms with Gasteiger partial charge in [0, 0.05) is 6.04 Å². The van der Waals surface area contributed by atoms with Crippen LogP contribution in [0, 0.1) is 0 Å². The largest absolute Gasteiger partial charge is 0.251 e. The Morgan fingerprint density at radius 3 is 2.55 bits per heavy atom. The predicted octanol–water partition coefficient (Wildman–Crippen LogP) is 2.86. The summed E-state index contributed by atoms with van der Waals surface area (Å²) in [6, 6.07) is 2.08. The van der Waals surface area contributed by atoms with E-state index in [-0.39, 0.29) is 0 Å². The van der Waals surface area contributed by atoms with E-state index in [0.717, 1.165) is 5.69 Å². The van der Waals surface area contributed by atoms with Gasteiger partial charge in [-0.3, -0.25) is 4.68 Å². The van der Waals surface area contributed by atoms with Crippen LogP contribution in [0.1, 0.15) is 25.6 Å². The van der Waals surface area contributed by atoms with E-state index in [1.54, 1.807) is 10.7 Å². The maximum Gasteiger partial charge on any atom is 0.127 e. The first kappa shape index (κ1) is 8.88. The van der Waals surface area contributed by atoms with Crippen molar-refractivity contribution in [1.82, 2.24) is 9.78 Å². The molecule has 11 heavy (non-hydrogen) atoms. The molecule has 0 amide bonds. The van der Waals surface area contributed by atoms with Crippen molar-refractivity contribution in [3.63, 3.8) is 0 Å². The first-order valence-electron chi connectivity index (χ1n) is 3.45. The fourth-order valence-corrected chi connectivity index (χ4v) is 1.34. The summed E-state index contributed by atoms with van der Waals surface area (Å²) >= 11 is 11.4. The SMILES string of the molecule is CC(C)n1nc(CCl)cc1Cl. The molecule has 4 heteroatoms.